The highest BCUT2D eigenvalue weighted by Gasteiger charge is 2.85. The summed E-state index contributed by atoms with van der Waals surface area (Å²) in [6.07, 6.45) is -5.42. The summed E-state index contributed by atoms with van der Waals surface area (Å²) in [5, 5.41) is 32.7. The molecule has 4 fully saturated rings. The summed E-state index contributed by atoms with van der Waals surface area (Å²) in [7, 11) is 1.07. The van der Waals surface area contributed by atoms with Crippen molar-refractivity contribution in [1.82, 2.24) is 0 Å². The second-order valence-electron chi connectivity index (χ2n) is 13.0. The number of carbonyl (C=O) groups is 5. The lowest BCUT2D eigenvalue weighted by molar-refractivity contribution is -0.290. The average molecular weight is 622 g/mol. The van der Waals surface area contributed by atoms with Crippen LogP contribution in [0.3, 0.4) is 0 Å². The fourth-order valence-corrected chi connectivity index (χ4v) is 8.81. The lowest BCUT2D eigenvalue weighted by atomic mass is 9.38. The molecular weight excluding hydrogens is 582 g/mol. The summed E-state index contributed by atoms with van der Waals surface area (Å²) in [6, 6.07) is -1.17. The number of nitrogens with two attached hydrogens (primary N) is 1. The molecular formula is C30H39NO13. The number of methoxy groups -OCH3 is 1. The van der Waals surface area contributed by atoms with Crippen LogP contribution in [0.2, 0.25) is 0 Å². The van der Waals surface area contributed by atoms with Crippen molar-refractivity contribution in [3.8, 4) is 0 Å². The van der Waals surface area contributed by atoms with Gasteiger partial charge in [-0.2, -0.15) is 0 Å². The Hall–Kier alpha value is -3.17. The van der Waals surface area contributed by atoms with Crippen LogP contribution in [0.15, 0.2) is 23.0 Å². The first-order valence-corrected chi connectivity index (χ1v) is 14.6. The first-order valence-electron chi connectivity index (χ1n) is 14.6. The molecule has 2 bridgehead atoms. The van der Waals surface area contributed by atoms with Gasteiger partial charge in [0.25, 0.3) is 0 Å². The molecule has 0 aromatic heterocycles. The number of hydrogen-bond donors (Lipinski definition) is 4. The third kappa shape index (κ3) is 4.29. The lowest BCUT2D eigenvalue weighted by Gasteiger charge is -2.67. The number of aliphatic hydroxyl groups excluding tert-OH is 3. The smallest absolute Gasteiger partial charge is 0.348 e. The van der Waals surface area contributed by atoms with Crippen molar-refractivity contribution in [2.45, 2.75) is 83.0 Å². The van der Waals surface area contributed by atoms with Gasteiger partial charge >= 0.3 is 23.9 Å². The van der Waals surface area contributed by atoms with Crippen molar-refractivity contribution in [3.63, 3.8) is 0 Å². The molecule has 0 aromatic carbocycles. The van der Waals surface area contributed by atoms with Crippen molar-refractivity contribution in [2.24, 2.45) is 34.3 Å². The van der Waals surface area contributed by atoms with E-state index >= 15 is 0 Å². The van der Waals surface area contributed by atoms with Gasteiger partial charge in [0.1, 0.15) is 18.2 Å². The lowest BCUT2D eigenvalue weighted by Crippen LogP contribution is -2.79. The summed E-state index contributed by atoms with van der Waals surface area (Å²) in [5.41, 5.74) is 1.92. The van der Waals surface area contributed by atoms with Gasteiger partial charge in [0, 0.05) is 30.4 Å². The molecule has 5 rings (SSSR count). The van der Waals surface area contributed by atoms with Crippen molar-refractivity contribution >= 4 is 29.7 Å². The number of ketones is 1. The van der Waals surface area contributed by atoms with Gasteiger partial charge in [-0.05, 0) is 50.5 Å². The minimum atomic E-state index is -2.28. The van der Waals surface area contributed by atoms with Crippen LogP contribution in [-0.4, -0.2) is 101 Å². The van der Waals surface area contributed by atoms with E-state index in [1.807, 2.05) is 0 Å². The Morgan fingerprint density at radius 3 is 2.48 bits per heavy atom. The Labute approximate surface area is 253 Å². The van der Waals surface area contributed by atoms with E-state index in [0.717, 1.165) is 13.2 Å². The molecule has 2 heterocycles. The standard InChI is InChI=1S/C30H39NO13/c1-12(2)8-18(34)43-21-23-29-11-41-30(23,27(39)40-5)24(36)19(35)22(29)28(4)10-16(33)20(44-25(37)15(31)6-7-32)13(3)14(28)9-17(29)42-26(21)38/h8,14-15,17,19,21-24,32,35-36H,6-7,9-11,31H2,1-5H3/t14-,15-,17+,19+,21+,22?,23+,24-,28-,29+,30-/m0/s1. The summed E-state index contributed by atoms with van der Waals surface area (Å²) in [4.78, 5) is 66.1. The minimum absolute atomic E-state index is 0.0735. The van der Waals surface area contributed by atoms with Crippen LogP contribution in [-0.2, 0) is 47.7 Å². The first-order chi connectivity index (χ1) is 20.6. The van der Waals surface area contributed by atoms with Crippen LogP contribution in [0.5, 0.6) is 0 Å². The third-order valence-electron chi connectivity index (χ3n) is 10.4. The van der Waals surface area contributed by atoms with Crippen molar-refractivity contribution in [2.75, 3.05) is 20.3 Å². The molecule has 5 N–H and O–H groups in total. The van der Waals surface area contributed by atoms with Gasteiger partial charge in [-0.3, -0.25) is 4.79 Å². The van der Waals surface area contributed by atoms with E-state index in [0.29, 0.717) is 11.1 Å². The molecule has 2 saturated carbocycles. The topological polar surface area (TPSA) is 218 Å². The molecule has 1 spiro atoms. The number of hydrogen-bond acceptors (Lipinski definition) is 14. The van der Waals surface area contributed by atoms with Gasteiger partial charge in [-0.25, -0.2) is 19.2 Å². The quantitative estimate of drug-likeness (QED) is 0.156. The zero-order valence-corrected chi connectivity index (χ0v) is 25.2. The number of ether oxygens (including phenoxy) is 5. The van der Waals surface area contributed by atoms with Gasteiger partial charge in [0.05, 0.1) is 25.7 Å². The van der Waals surface area contributed by atoms with E-state index in [-0.39, 0.29) is 38.2 Å². The molecule has 0 radical (unpaired) electrons. The predicted octanol–water partition coefficient (Wildman–Crippen LogP) is -0.788. The Morgan fingerprint density at radius 1 is 1.18 bits per heavy atom. The highest BCUT2D eigenvalue weighted by atomic mass is 16.6. The Morgan fingerprint density at radius 2 is 1.86 bits per heavy atom. The van der Waals surface area contributed by atoms with Crippen LogP contribution < -0.4 is 5.73 Å². The Kier molecular flexibility index (Phi) is 8.07. The van der Waals surface area contributed by atoms with E-state index in [2.05, 4.69) is 0 Å². The maximum absolute atomic E-state index is 13.6. The number of carbonyl (C=O) groups excluding carboxylic acids is 5. The SMILES string of the molecule is COC(=O)[C@@]12OC[C@]34C([C@@H](O)[C@@H]1O)[C@@]1(C)CC(=O)C(OC(=O)[C@@H](N)CCO)=C(C)[C@@H]1C[C@H]3OC(=O)[C@H](OC(=O)C=C(C)C)[C@@H]24. The average Bonchev–Trinajstić information content (AvgIpc) is 3.25. The zero-order chi connectivity index (χ0) is 32.5. The van der Waals surface area contributed by atoms with E-state index < -0.39 is 94.3 Å². The van der Waals surface area contributed by atoms with Crippen LogP contribution in [0.25, 0.3) is 0 Å². The normalized spacial score (nSPS) is 41.1. The molecule has 242 valence electrons. The maximum atomic E-state index is 13.6. The minimum Gasteiger partial charge on any atom is -0.467 e. The molecule has 14 nitrogen and oxygen atoms in total. The summed E-state index contributed by atoms with van der Waals surface area (Å²) < 4.78 is 28.1. The monoisotopic (exact) mass is 621 g/mol. The molecule has 44 heavy (non-hydrogen) atoms. The van der Waals surface area contributed by atoms with Crippen LogP contribution in [0.1, 0.15) is 47.0 Å². The van der Waals surface area contributed by atoms with E-state index in [1.54, 1.807) is 27.7 Å². The predicted molar refractivity (Wildman–Crippen MR) is 146 cm³/mol. The third-order valence-corrected chi connectivity index (χ3v) is 10.4. The number of esters is 4. The van der Waals surface area contributed by atoms with Crippen molar-refractivity contribution < 1.29 is 63.0 Å². The molecule has 0 aromatic rings. The first kappa shape index (κ1) is 32.2. The molecule has 2 saturated heterocycles. The van der Waals surface area contributed by atoms with Crippen molar-refractivity contribution in [1.29, 1.82) is 0 Å². The highest BCUT2D eigenvalue weighted by Crippen LogP contribution is 2.72. The highest BCUT2D eigenvalue weighted by molar-refractivity contribution is 5.98. The summed E-state index contributed by atoms with van der Waals surface area (Å²) in [5.74, 6) is -7.54. The fourth-order valence-electron chi connectivity index (χ4n) is 8.81. The van der Waals surface area contributed by atoms with Crippen molar-refractivity contribution in [3.05, 3.63) is 23.0 Å². The second-order valence-corrected chi connectivity index (χ2v) is 13.0. The van der Waals surface area contributed by atoms with Gasteiger partial charge in [0.15, 0.2) is 11.5 Å². The number of aliphatic hydroxyl groups is 3. The molecule has 11 atom stereocenters. The molecule has 1 unspecified atom stereocenters. The van der Waals surface area contributed by atoms with Gasteiger partial charge in [0.2, 0.25) is 11.7 Å². The maximum Gasteiger partial charge on any atom is 0.348 e. The van der Waals surface area contributed by atoms with Gasteiger partial charge in [-0.1, -0.05) is 12.5 Å². The largest absolute Gasteiger partial charge is 0.467 e. The van der Waals surface area contributed by atoms with E-state index in [1.165, 1.54) is 0 Å². The molecule has 2 aliphatic heterocycles. The van der Waals surface area contributed by atoms with Crippen LogP contribution in [0.4, 0.5) is 0 Å². The number of rotatable bonds is 7. The number of fused-ring (bicyclic) bond motifs is 2. The molecule has 5 aliphatic rings. The van der Waals surface area contributed by atoms with E-state index in [9.17, 15) is 34.2 Å². The number of allylic oxidation sites excluding steroid dienone is 3. The molecule has 14 heteroatoms. The van der Waals surface area contributed by atoms with Crippen LogP contribution in [0, 0.1) is 28.6 Å². The fraction of sp³-hybridized carbons (Fsp3) is 0.700. The zero-order valence-electron chi connectivity index (χ0n) is 25.2. The summed E-state index contributed by atoms with van der Waals surface area (Å²) >= 11 is 0. The Balaban J connectivity index is 1.65. The molecule has 3 aliphatic carbocycles. The van der Waals surface area contributed by atoms with Gasteiger partial charge < -0.3 is 44.7 Å². The van der Waals surface area contributed by atoms with Crippen LogP contribution >= 0.6 is 0 Å². The summed E-state index contributed by atoms with van der Waals surface area (Å²) in [6.45, 7) is 6.01. The van der Waals surface area contributed by atoms with Gasteiger partial charge in [-0.15, -0.1) is 0 Å². The number of Topliss-reactive ketones (excluding diaryl/α,β-unsaturated/α-hetero) is 1. The molecule has 0 amide bonds. The second kappa shape index (κ2) is 11.0. The van der Waals surface area contributed by atoms with E-state index in [4.69, 9.17) is 34.5 Å². The Bertz CT molecular complexity index is 1350.